The van der Waals surface area contributed by atoms with Gasteiger partial charge in [-0.3, -0.25) is 9.59 Å². The molecule has 1 atom stereocenters. The van der Waals surface area contributed by atoms with Gasteiger partial charge in [0, 0.05) is 36.8 Å². The van der Waals surface area contributed by atoms with Crippen molar-refractivity contribution in [2.75, 3.05) is 26.5 Å². The third kappa shape index (κ3) is 3.95. The maximum Gasteiger partial charge on any atom is 0.260 e. The molecule has 2 aromatic rings. The van der Waals surface area contributed by atoms with Crippen LogP contribution in [-0.2, 0) is 11.2 Å². The summed E-state index contributed by atoms with van der Waals surface area (Å²) in [5.41, 5.74) is 0.629. The zero-order chi connectivity index (χ0) is 19.5. The molecule has 1 N–H and O–H groups in total. The SMILES string of the molecule is CCc1cc(=O)[nH]c(C2CCCN(C(=O)COc3ccc4c(c3)OCO4)C2)n1. The van der Waals surface area contributed by atoms with Gasteiger partial charge in [0.15, 0.2) is 18.1 Å². The molecular formula is C20H23N3O5. The molecule has 0 saturated carbocycles. The molecule has 3 heterocycles. The van der Waals surface area contributed by atoms with E-state index in [0.29, 0.717) is 42.6 Å². The Morgan fingerprint density at radius 3 is 3.04 bits per heavy atom. The van der Waals surface area contributed by atoms with Gasteiger partial charge in [0.25, 0.3) is 11.5 Å². The van der Waals surface area contributed by atoms with Crippen LogP contribution in [0.2, 0.25) is 0 Å². The monoisotopic (exact) mass is 385 g/mol. The molecular weight excluding hydrogens is 362 g/mol. The second kappa shape index (κ2) is 7.92. The van der Waals surface area contributed by atoms with Gasteiger partial charge < -0.3 is 24.1 Å². The molecule has 8 nitrogen and oxygen atoms in total. The molecule has 1 fully saturated rings. The zero-order valence-electron chi connectivity index (χ0n) is 15.8. The van der Waals surface area contributed by atoms with Gasteiger partial charge in [-0.25, -0.2) is 4.98 Å². The predicted octanol–water partition coefficient (Wildman–Crippen LogP) is 1.85. The van der Waals surface area contributed by atoms with Crippen LogP contribution in [0.25, 0.3) is 0 Å². The van der Waals surface area contributed by atoms with Crippen LogP contribution in [-0.4, -0.2) is 47.3 Å². The van der Waals surface area contributed by atoms with E-state index in [4.69, 9.17) is 14.2 Å². The lowest BCUT2D eigenvalue weighted by atomic mass is 9.97. The lowest BCUT2D eigenvalue weighted by Gasteiger charge is -2.32. The number of ether oxygens (including phenoxy) is 3. The van der Waals surface area contributed by atoms with Gasteiger partial charge in [0.2, 0.25) is 6.79 Å². The van der Waals surface area contributed by atoms with Gasteiger partial charge in [0.05, 0.1) is 0 Å². The Morgan fingerprint density at radius 1 is 1.32 bits per heavy atom. The molecule has 1 unspecified atom stereocenters. The fraction of sp³-hybridized carbons (Fsp3) is 0.450. The van der Waals surface area contributed by atoms with Crippen LogP contribution < -0.4 is 19.8 Å². The summed E-state index contributed by atoms with van der Waals surface area (Å²) in [6.45, 7) is 3.32. The van der Waals surface area contributed by atoms with Crippen molar-refractivity contribution in [2.45, 2.75) is 32.1 Å². The number of hydrogen-bond acceptors (Lipinski definition) is 6. The molecule has 0 aliphatic carbocycles. The van der Waals surface area contributed by atoms with Crippen LogP contribution in [0.3, 0.4) is 0 Å². The number of H-pyrrole nitrogens is 1. The Balaban J connectivity index is 1.38. The van der Waals surface area contributed by atoms with E-state index >= 15 is 0 Å². The van der Waals surface area contributed by atoms with E-state index < -0.39 is 0 Å². The molecule has 1 amide bonds. The molecule has 2 aliphatic rings. The largest absolute Gasteiger partial charge is 0.484 e. The number of nitrogens with one attached hydrogen (secondary N) is 1. The van der Waals surface area contributed by atoms with Crippen molar-refractivity contribution in [3.63, 3.8) is 0 Å². The summed E-state index contributed by atoms with van der Waals surface area (Å²) >= 11 is 0. The Kier molecular flexibility index (Phi) is 5.18. The molecule has 4 rings (SSSR count). The molecule has 8 heteroatoms. The van der Waals surface area contributed by atoms with Gasteiger partial charge in [-0.1, -0.05) is 6.92 Å². The topological polar surface area (TPSA) is 93.8 Å². The van der Waals surface area contributed by atoms with Crippen LogP contribution in [0.15, 0.2) is 29.1 Å². The summed E-state index contributed by atoms with van der Waals surface area (Å²) in [5, 5.41) is 0. The number of fused-ring (bicyclic) bond motifs is 1. The number of nitrogens with zero attached hydrogens (tertiary/aromatic N) is 2. The van der Waals surface area contributed by atoms with Crippen molar-refractivity contribution in [2.24, 2.45) is 0 Å². The number of aromatic nitrogens is 2. The number of carbonyl (C=O) groups excluding carboxylic acids is 1. The van der Waals surface area contributed by atoms with E-state index in [1.165, 1.54) is 6.07 Å². The lowest BCUT2D eigenvalue weighted by Crippen LogP contribution is -2.42. The van der Waals surface area contributed by atoms with Gasteiger partial charge in [-0.2, -0.15) is 0 Å². The van der Waals surface area contributed by atoms with Crippen LogP contribution >= 0.6 is 0 Å². The fourth-order valence-electron chi connectivity index (χ4n) is 3.53. The number of carbonyl (C=O) groups is 1. The summed E-state index contributed by atoms with van der Waals surface area (Å²) in [6.07, 6.45) is 2.46. The Morgan fingerprint density at radius 2 is 2.18 bits per heavy atom. The smallest absolute Gasteiger partial charge is 0.260 e. The molecule has 1 aromatic carbocycles. The van der Waals surface area contributed by atoms with Crippen molar-refractivity contribution in [1.82, 2.24) is 14.9 Å². The Hall–Kier alpha value is -3.03. The number of benzene rings is 1. The maximum absolute atomic E-state index is 12.6. The second-order valence-corrected chi connectivity index (χ2v) is 6.96. The second-order valence-electron chi connectivity index (χ2n) is 6.96. The van der Waals surface area contributed by atoms with Gasteiger partial charge in [-0.05, 0) is 31.4 Å². The average Bonchev–Trinajstić information content (AvgIpc) is 3.19. The van der Waals surface area contributed by atoms with Gasteiger partial charge in [0.1, 0.15) is 11.6 Å². The number of aromatic amines is 1. The maximum atomic E-state index is 12.6. The summed E-state index contributed by atoms with van der Waals surface area (Å²) in [5.74, 6) is 2.47. The van der Waals surface area contributed by atoms with E-state index in [1.807, 2.05) is 6.92 Å². The van der Waals surface area contributed by atoms with Crippen molar-refractivity contribution < 1.29 is 19.0 Å². The first kappa shape index (κ1) is 18.3. The number of aryl methyl sites for hydroxylation is 1. The van der Waals surface area contributed by atoms with Crippen molar-refractivity contribution in [3.05, 3.63) is 46.1 Å². The first-order chi connectivity index (χ1) is 13.6. The lowest BCUT2D eigenvalue weighted by molar-refractivity contribution is -0.134. The molecule has 1 saturated heterocycles. The van der Waals surface area contributed by atoms with E-state index in [2.05, 4.69) is 9.97 Å². The first-order valence-corrected chi connectivity index (χ1v) is 9.52. The molecule has 0 spiro atoms. The normalized spacial score (nSPS) is 18.2. The number of hydrogen-bond donors (Lipinski definition) is 1. The van der Waals surface area contributed by atoms with Crippen LogP contribution in [0.5, 0.6) is 17.2 Å². The van der Waals surface area contributed by atoms with Crippen molar-refractivity contribution in [1.29, 1.82) is 0 Å². The van der Waals surface area contributed by atoms with Crippen molar-refractivity contribution >= 4 is 5.91 Å². The zero-order valence-corrected chi connectivity index (χ0v) is 15.8. The van der Waals surface area contributed by atoms with Crippen molar-refractivity contribution in [3.8, 4) is 17.2 Å². The molecule has 0 bridgehead atoms. The highest BCUT2D eigenvalue weighted by atomic mass is 16.7. The molecule has 0 radical (unpaired) electrons. The molecule has 2 aliphatic heterocycles. The minimum absolute atomic E-state index is 0.0300. The third-order valence-corrected chi connectivity index (χ3v) is 5.04. The number of amides is 1. The predicted molar refractivity (Wildman–Crippen MR) is 101 cm³/mol. The summed E-state index contributed by atoms with van der Waals surface area (Å²) in [7, 11) is 0. The van der Waals surface area contributed by atoms with E-state index in [-0.39, 0.29) is 30.8 Å². The number of piperidine rings is 1. The number of rotatable bonds is 5. The average molecular weight is 385 g/mol. The van der Waals surface area contributed by atoms with Crippen LogP contribution in [0.1, 0.15) is 37.2 Å². The minimum atomic E-state index is -0.142. The summed E-state index contributed by atoms with van der Waals surface area (Å²) < 4.78 is 16.2. The van der Waals surface area contributed by atoms with E-state index in [1.54, 1.807) is 23.1 Å². The van der Waals surface area contributed by atoms with Crippen LogP contribution in [0.4, 0.5) is 0 Å². The van der Waals surface area contributed by atoms with Gasteiger partial charge >= 0.3 is 0 Å². The third-order valence-electron chi connectivity index (χ3n) is 5.04. The Labute approximate surface area is 162 Å². The molecule has 1 aromatic heterocycles. The standard InChI is InChI=1S/C20H23N3O5/c1-2-14-8-18(24)22-20(21-14)13-4-3-7-23(10-13)19(25)11-26-15-5-6-16-17(9-15)28-12-27-16/h5-6,8-9,13H,2-4,7,10-12H2,1H3,(H,21,22,24). The van der Waals surface area contributed by atoms with E-state index in [0.717, 1.165) is 18.5 Å². The Bertz CT molecular complexity index is 926. The van der Waals surface area contributed by atoms with Crippen LogP contribution in [0, 0.1) is 0 Å². The molecule has 148 valence electrons. The summed E-state index contributed by atoms with van der Waals surface area (Å²) in [6, 6.07) is 6.76. The molecule has 28 heavy (non-hydrogen) atoms. The van der Waals surface area contributed by atoms with E-state index in [9.17, 15) is 9.59 Å². The highest BCUT2D eigenvalue weighted by Crippen LogP contribution is 2.35. The summed E-state index contributed by atoms with van der Waals surface area (Å²) in [4.78, 5) is 33.6. The number of likely N-dealkylation sites (tertiary alicyclic amines) is 1. The minimum Gasteiger partial charge on any atom is -0.484 e. The van der Waals surface area contributed by atoms with Gasteiger partial charge in [-0.15, -0.1) is 0 Å². The fourth-order valence-corrected chi connectivity index (χ4v) is 3.53. The highest BCUT2D eigenvalue weighted by Gasteiger charge is 2.27. The highest BCUT2D eigenvalue weighted by molar-refractivity contribution is 5.78. The first-order valence-electron chi connectivity index (χ1n) is 9.52. The quantitative estimate of drug-likeness (QED) is 0.844.